The van der Waals surface area contributed by atoms with Crippen LogP contribution in [0.3, 0.4) is 0 Å². The van der Waals surface area contributed by atoms with Gasteiger partial charge in [0.25, 0.3) is 10.0 Å². The number of aryl methyl sites for hydroxylation is 1. The predicted octanol–water partition coefficient (Wildman–Crippen LogP) is 3.12. The van der Waals surface area contributed by atoms with Gasteiger partial charge in [0.1, 0.15) is 10.6 Å². The lowest BCUT2D eigenvalue weighted by Gasteiger charge is -2.12. The number of nitrogens with one attached hydrogen (secondary N) is 1. The zero-order valence-corrected chi connectivity index (χ0v) is 14.6. The Morgan fingerprint density at radius 2 is 2.14 bits per heavy atom. The average Bonchev–Trinajstić information content (AvgIpc) is 2.83. The van der Waals surface area contributed by atoms with Crippen molar-refractivity contribution < 1.29 is 18.3 Å². The van der Waals surface area contributed by atoms with Gasteiger partial charge in [-0.2, -0.15) is 0 Å². The van der Waals surface area contributed by atoms with Gasteiger partial charge in [0, 0.05) is 10.5 Å². The van der Waals surface area contributed by atoms with Crippen LogP contribution in [0.5, 0.6) is 5.75 Å². The third-order valence-corrected chi connectivity index (χ3v) is 6.32. The molecule has 0 radical (unpaired) electrons. The van der Waals surface area contributed by atoms with Gasteiger partial charge in [0.2, 0.25) is 0 Å². The molecule has 0 spiro atoms. The van der Waals surface area contributed by atoms with Crippen LogP contribution in [-0.4, -0.2) is 20.6 Å². The molecule has 0 unspecified atom stereocenters. The Balaban J connectivity index is 2.44. The predicted molar refractivity (Wildman–Crippen MR) is 86.5 cm³/mol. The summed E-state index contributed by atoms with van der Waals surface area (Å²) in [5, 5.41) is 11.0. The summed E-state index contributed by atoms with van der Waals surface area (Å²) in [5.41, 5.74) is 0.986. The van der Waals surface area contributed by atoms with E-state index in [0.29, 0.717) is 26.4 Å². The number of thiophene rings is 1. The monoisotopic (exact) mass is 391 g/mol. The summed E-state index contributed by atoms with van der Waals surface area (Å²) in [6.45, 7) is 1.39. The number of sulfonamides is 1. The molecule has 114 valence electrons. The van der Waals surface area contributed by atoms with Gasteiger partial charge in [-0.15, -0.1) is 11.3 Å². The molecule has 8 heteroatoms. The summed E-state index contributed by atoms with van der Waals surface area (Å²) >= 11 is 4.52. The maximum Gasteiger partial charge on any atom is 0.263 e. The fraction of sp³-hybridized carbons (Fsp3) is 0.231. The summed E-state index contributed by atoms with van der Waals surface area (Å²) in [6, 6.07) is 5.00. The minimum atomic E-state index is -3.78. The minimum Gasteiger partial charge on any atom is -0.497 e. The molecule has 0 aliphatic heterocycles. The molecule has 1 aromatic heterocycles. The Labute approximate surface area is 135 Å². The Hall–Kier alpha value is -1.09. The Bertz CT molecular complexity index is 756. The number of methoxy groups -OCH3 is 1. The molecule has 0 aliphatic carbocycles. The lowest BCUT2D eigenvalue weighted by Crippen LogP contribution is -2.15. The summed E-state index contributed by atoms with van der Waals surface area (Å²) in [5.74, 6) is 0.542. The van der Waals surface area contributed by atoms with Crippen LogP contribution in [0.1, 0.15) is 10.4 Å². The van der Waals surface area contributed by atoms with Crippen LogP contribution in [0.25, 0.3) is 0 Å². The van der Waals surface area contributed by atoms with Crippen molar-refractivity contribution in [2.24, 2.45) is 0 Å². The van der Waals surface area contributed by atoms with Crippen molar-refractivity contribution in [2.75, 3.05) is 11.8 Å². The van der Waals surface area contributed by atoms with Crippen molar-refractivity contribution in [3.8, 4) is 5.75 Å². The second kappa shape index (κ2) is 6.35. The van der Waals surface area contributed by atoms with Crippen LogP contribution in [0, 0.1) is 6.92 Å². The molecule has 5 nitrogen and oxygen atoms in total. The standard InChI is InChI=1S/C13H14BrNO4S2/c1-8-7-20-12(6-16)13(8)21(17,18)15-11-5-9(19-2)3-4-10(11)14/h3-5,7,15-16H,6H2,1-2H3. The van der Waals surface area contributed by atoms with E-state index in [4.69, 9.17) is 4.74 Å². The number of ether oxygens (including phenoxy) is 1. The van der Waals surface area contributed by atoms with Gasteiger partial charge < -0.3 is 9.84 Å². The molecule has 2 rings (SSSR count). The van der Waals surface area contributed by atoms with Crippen molar-refractivity contribution in [3.63, 3.8) is 0 Å². The molecule has 0 aliphatic rings. The van der Waals surface area contributed by atoms with Gasteiger partial charge in [-0.1, -0.05) is 0 Å². The molecular formula is C13H14BrNO4S2. The molecular weight excluding hydrogens is 378 g/mol. The minimum absolute atomic E-state index is 0.129. The van der Waals surface area contributed by atoms with Gasteiger partial charge in [-0.3, -0.25) is 4.72 Å². The van der Waals surface area contributed by atoms with Crippen molar-refractivity contribution in [1.29, 1.82) is 0 Å². The highest BCUT2D eigenvalue weighted by Gasteiger charge is 2.23. The number of aliphatic hydroxyl groups excluding tert-OH is 1. The number of anilines is 1. The fourth-order valence-electron chi connectivity index (χ4n) is 1.86. The van der Waals surface area contributed by atoms with E-state index in [1.165, 1.54) is 18.4 Å². The molecule has 0 bridgehead atoms. The highest BCUT2D eigenvalue weighted by atomic mass is 79.9. The smallest absolute Gasteiger partial charge is 0.263 e. The fourth-order valence-corrected chi connectivity index (χ4v) is 5.07. The summed E-state index contributed by atoms with van der Waals surface area (Å²) in [4.78, 5) is 0.545. The average molecular weight is 392 g/mol. The van der Waals surface area contributed by atoms with Gasteiger partial charge >= 0.3 is 0 Å². The van der Waals surface area contributed by atoms with Crippen LogP contribution < -0.4 is 9.46 Å². The van der Waals surface area contributed by atoms with E-state index in [0.717, 1.165) is 0 Å². The molecule has 0 saturated heterocycles. The zero-order valence-electron chi connectivity index (χ0n) is 11.4. The maximum absolute atomic E-state index is 12.5. The van der Waals surface area contributed by atoms with Crippen LogP contribution in [0.15, 0.2) is 32.9 Å². The molecule has 1 heterocycles. The van der Waals surface area contributed by atoms with Crippen molar-refractivity contribution in [3.05, 3.63) is 38.5 Å². The molecule has 0 atom stereocenters. The molecule has 0 amide bonds. The second-order valence-electron chi connectivity index (χ2n) is 4.28. The van der Waals surface area contributed by atoms with Crippen LogP contribution in [0.2, 0.25) is 0 Å². The van der Waals surface area contributed by atoms with Gasteiger partial charge in [0.15, 0.2) is 0 Å². The largest absolute Gasteiger partial charge is 0.497 e. The quantitative estimate of drug-likeness (QED) is 0.820. The van der Waals surface area contributed by atoms with Gasteiger partial charge in [-0.05, 0) is 45.9 Å². The third-order valence-electron chi connectivity index (χ3n) is 2.82. The first-order valence-corrected chi connectivity index (χ1v) is 9.09. The summed E-state index contributed by atoms with van der Waals surface area (Å²) in [6.07, 6.45) is 0. The number of hydrogen-bond donors (Lipinski definition) is 2. The molecule has 1 aromatic carbocycles. The normalized spacial score (nSPS) is 11.4. The topological polar surface area (TPSA) is 75.6 Å². The molecule has 2 N–H and O–H groups in total. The van der Waals surface area contributed by atoms with E-state index in [9.17, 15) is 13.5 Å². The SMILES string of the molecule is COc1ccc(Br)c(NS(=O)(=O)c2c(C)csc2CO)c1. The highest BCUT2D eigenvalue weighted by Crippen LogP contribution is 2.32. The van der Waals surface area contributed by atoms with Crippen molar-refractivity contribution >= 4 is 43.0 Å². The van der Waals surface area contributed by atoms with E-state index < -0.39 is 10.0 Å². The second-order valence-corrected chi connectivity index (χ2v) is 7.72. The van der Waals surface area contributed by atoms with Gasteiger partial charge in [-0.25, -0.2) is 8.42 Å². The van der Waals surface area contributed by atoms with Crippen LogP contribution in [-0.2, 0) is 16.6 Å². The van der Waals surface area contributed by atoms with E-state index in [1.54, 1.807) is 30.5 Å². The first kappa shape index (κ1) is 16.3. The molecule has 0 saturated carbocycles. The maximum atomic E-state index is 12.5. The Morgan fingerprint density at radius 3 is 2.76 bits per heavy atom. The van der Waals surface area contributed by atoms with E-state index in [2.05, 4.69) is 20.7 Å². The Morgan fingerprint density at radius 1 is 1.43 bits per heavy atom. The van der Waals surface area contributed by atoms with Crippen molar-refractivity contribution in [1.82, 2.24) is 0 Å². The zero-order chi connectivity index (χ0) is 15.6. The lowest BCUT2D eigenvalue weighted by molar-refractivity contribution is 0.282. The number of rotatable bonds is 5. The van der Waals surface area contributed by atoms with Crippen LogP contribution >= 0.6 is 27.3 Å². The van der Waals surface area contributed by atoms with E-state index in [1.807, 2.05) is 0 Å². The first-order chi connectivity index (χ1) is 9.89. The third kappa shape index (κ3) is 3.39. The first-order valence-electron chi connectivity index (χ1n) is 5.93. The number of halogens is 1. The van der Waals surface area contributed by atoms with Crippen LogP contribution in [0.4, 0.5) is 5.69 Å². The van der Waals surface area contributed by atoms with E-state index >= 15 is 0 Å². The Kier molecular flexibility index (Phi) is 4.92. The van der Waals surface area contributed by atoms with Crippen molar-refractivity contribution in [2.45, 2.75) is 18.4 Å². The number of aliphatic hydroxyl groups is 1. The summed E-state index contributed by atoms with van der Waals surface area (Å²) in [7, 11) is -2.27. The molecule has 0 fully saturated rings. The lowest BCUT2D eigenvalue weighted by atomic mass is 10.3. The highest BCUT2D eigenvalue weighted by molar-refractivity contribution is 9.10. The molecule has 2 aromatic rings. The van der Waals surface area contributed by atoms with Gasteiger partial charge in [0.05, 0.1) is 24.3 Å². The number of benzene rings is 1. The molecule has 21 heavy (non-hydrogen) atoms. The van der Waals surface area contributed by atoms with E-state index in [-0.39, 0.29) is 11.5 Å². The number of hydrogen-bond acceptors (Lipinski definition) is 5. The summed E-state index contributed by atoms with van der Waals surface area (Å²) < 4.78 is 33.3.